The molecule has 0 amide bonds. The Hall–Kier alpha value is -0.940. The van der Waals surface area contributed by atoms with E-state index < -0.39 is 10.0 Å². The summed E-state index contributed by atoms with van der Waals surface area (Å²) >= 11 is 6.20. The van der Waals surface area contributed by atoms with E-state index in [-0.39, 0.29) is 0 Å². The maximum Gasteiger partial charge on any atom is 0.229 e. The summed E-state index contributed by atoms with van der Waals surface area (Å²) in [5.41, 5.74) is 1.28. The molecule has 0 aliphatic rings. The third kappa shape index (κ3) is 6.57. The molecule has 2 atom stereocenters. The van der Waals surface area contributed by atoms with Gasteiger partial charge in [0, 0.05) is 6.04 Å². The van der Waals surface area contributed by atoms with Crippen molar-refractivity contribution < 1.29 is 8.42 Å². The van der Waals surface area contributed by atoms with Gasteiger partial charge >= 0.3 is 0 Å². The van der Waals surface area contributed by atoms with E-state index in [1.54, 1.807) is 18.2 Å². The lowest BCUT2D eigenvalue weighted by Crippen LogP contribution is -2.21. The summed E-state index contributed by atoms with van der Waals surface area (Å²) in [7, 11) is -3.28. The topological polar surface area (TPSA) is 58.2 Å². The minimum Gasteiger partial charge on any atom is -0.381 e. The monoisotopic (exact) mass is 332 g/mol. The molecule has 2 unspecified atom stereocenters. The second-order valence-corrected chi connectivity index (χ2v) is 7.72. The molecular weight excluding hydrogens is 308 g/mol. The highest BCUT2D eigenvalue weighted by molar-refractivity contribution is 7.92. The van der Waals surface area contributed by atoms with E-state index in [4.69, 9.17) is 11.6 Å². The fourth-order valence-electron chi connectivity index (χ4n) is 2.11. The van der Waals surface area contributed by atoms with Gasteiger partial charge in [-0.1, -0.05) is 38.8 Å². The van der Waals surface area contributed by atoms with Gasteiger partial charge in [-0.25, -0.2) is 8.42 Å². The van der Waals surface area contributed by atoms with Crippen LogP contribution in [0, 0.1) is 5.92 Å². The van der Waals surface area contributed by atoms with Crippen LogP contribution in [0.5, 0.6) is 0 Å². The molecule has 1 rings (SSSR count). The molecule has 0 spiro atoms. The lowest BCUT2D eigenvalue weighted by atomic mass is 9.97. The second-order valence-electron chi connectivity index (χ2n) is 5.57. The Labute approximate surface area is 133 Å². The van der Waals surface area contributed by atoms with Gasteiger partial charge in [0.25, 0.3) is 0 Å². The van der Waals surface area contributed by atoms with Gasteiger partial charge in [0.1, 0.15) is 0 Å². The third-order valence-corrected chi connectivity index (χ3v) is 4.44. The molecule has 2 N–H and O–H groups in total. The van der Waals surface area contributed by atoms with Crippen LogP contribution in [-0.4, -0.2) is 20.7 Å². The van der Waals surface area contributed by atoms with Crippen LogP contribution in [0.1, 0.15) is 40.0 Å². The molecule has 0 saturated carbocycles. The standard InChI is InChI=1S/C15H25ClN2O2S/c1-5-11(3)9-12(6-2)17-15-10-13(7-8-14(15)16)18-21(4,19)20/h7-8,10-12,17-18H,5-6,9H2,1-4H3. The van der Waals surface area contributed by atoms with Crippen molar-refractivity contribution in [2.75, 3.05) is 16.3 Å². The zero-order chi connectivity index (χ0) is 16.0. The zero-order valence-electron chi connectivity index (χ0n) is 13.1. The average molecular weight is 333 g/mol. The summed E-state index contributed by atoms with van der Waals surface area (Å²) < 4.78 is 25.1. The Morgan fingerprint density at radius 2 is 1.90 bits per heavy atom. The molecule has 0 aliphatic heterocycles. The number of benzene rings is 1. The van der Waals surface area contributed by atoms with Crippen molar-refractivity contribution in [3.63, 3.8) is 0 Å². The Morgan fingerprint density at radius 3 is 2.43 bits per heavy atom. The van der Waals surface area contributed by atoms with E-state index in [9.17, 15) is 8.42 Å². The number of sulfonamides is 1. The lowest BCUT2D eigenvalue weighted by Gasteiger charge is -2.22. The van der Waals surface area contributed by atoms with E-state index in [1.807, 2.05) is 0 Å². The maximum atomic E-state index is 11.3. The molecule has 0 saturated heterocycles. The van der Waals surface area contributed by atoms with E-state index in [0.717, 1.165) is 31.2 Å². The van der Waals surface area contributed by atoms with Crippen molar-refractivity contribution in [3.8, 4) is 0 Å². The Bertz CT molecular complexity index is 561. The van der Waals surface area contributed by atoms with Gasteiger partial charge in [0.2, 0.25) is 10.0 Å². The minimum atomic E-state index is -3.28. The van der Waals surface area contributed by atoms with Crippen molar-refractivity contribution in [1.29, 1.82) is 0 Å². The summed E-state index contributed by atoms with van der Waals surface area (Å²) in [4.78, 5) is 0. The van der Waals surface area contributed by atoms with E-state index >= 15 is 0 Å². The molecule has 4 nitrogen and oxygen atoms in total. The van der Waals surface area contributed by atoms with Crippen LogP contribution in [-0.2, 0) is 10.0 Å². The van der Waals surface area contributed by atoms with Gasteiger partial charge in [-0.2, -0.15) is 0 Å². The van der Waals surface area contributed by atoms with Gasteiger partial charge in [-0.05, 0) is 37.0 Å². The van der Waals surface area contributed by atoms with Crippen LogP contribution in [0.25, 0.3) is 0 Å². The quantitative estimate of drug-likeness (QED) is 0.744. The molecule has 120 valence electrons. The molecule has 1 aromatic rings. The first-order chi connectivity index (χ1) is 9.75. The van der Waals surface area contributed by atoms with Crippen LogP contribution >= 0.6 is 11.6 Å². The summed E-state index contributed by atoms with van der Waals surface area (Å²) in [6, 6.07) is 5.42. The van der Waals surface area contributed by atoms with E-state index in [1.165, 1.54) is 0 Å². The summed E-state index contributed by atoms with van der Waals surface area (Å²) in [5.74, 6) is 0.638. The van der Waals surface area contributed by atoms with Crippen molar-refractivity contribution in [2.45, 2.75) is 46.1 Å². The summed E-state index contributed by atoms with van der Waals surface area (Å²) in [6.07, 6.45) is 4.32. The Kier molecular flexibility index (Phi) is 6.81. The van der Waals surface area contributed by atoms with Crippen LogP contribution in [0.4, 0.5) is 11.4 Å². The molecule has 0 aliphatic carbocycles. The van der Waals surface area contributed by atoms with Gasteiger partial charge < -0.3 is 5.32 Å². The number of nitrogens with one attached hydrogen (secondary N) is 2. The second kappa shape index (κ2) is 7.90. The van der Waals surface area contributed by atoms with Crippen LogP contribution in [0.15, 0.2) is 18.2 Å². The number of hydrogen-bond donors (Lipinski definition) is 2. The lowest BCUT2D eigenvalue weighted by molar-refractivity contribution is 0.462. The predicted molar refractivity (Wildman–Crippen MR) is 91.7 cm³/mol. The molecule has 0 bridgehead atoms. The first-order valence-corrected chi connectivity index (χ1v) is 9.56. The fraction of sp³-hybridized carbons (Fsp3) is 0.600. The number of hydrogen-bond acceptors (Lipinski definition) is 3. The zero-order valence-corrected chi connectivity index (χ0v) is 14.7. The smallest absolute Gasteiger partial charge is 0.229 e. The average Bonchev–Trinajstić information content (AvgIpc) is 2.39. The molecule has 1 aromatic carbocycles. The molecule has 6 heteroatoms. The Morgan fingerprint density at radius 1 is 1.24 bits per heavy atom. The highest BCUT2D eigenvalue weighted by atomic mass is 35.5. The minimum absolute atomic E-state index is 0.325. The predicted octanol–water partition coefficient (Wildman–Crippen LogP) is 4.34. The van der Waals surface area contributed by atoms with Crippen molar-refractivity contribution in [1.82, 2.24) is 0 Å². The normalized spacial score (nSPS) is 14.5. The van der Waals surface area contributed by atoms with Gasteiger partial charge in [-0.15, -0.1) is 0 Å². The molecule has 0 aromatic heterocycles. The van der Waals surface area contributed by atoms with Crippen LogP contribution in [0.2, 0.25) is 5.02 Å². The summed E-state index contributed by atoms with van der Waals surface area (Å²) in [6.45, 7) is 6.54. The van der Waals surface area contributed by atoms with Crippen molar-refractivity contribution in [2.24, 2.45) is 5.92 Å². The first-order valence-electron chi connectivity index (χ1n) is 7.29. The number of anilines is 2. The number of halogens is 1. The first kappa shape index (κ1) is 18.1. The highest BCUT2D eigenvalue weighted by Crippen LogP contribution is 2.28. The van der Waals surface area contributed by atoms with Crippen LogP contribution < -0.4 is 10.0 Å². The van der Waals surface area contributed by atoms with E-state index in [0.29, 0.717) is 22.7 Å². The maximum absolute atomic E-state index is 11.3. The third-order valence-electron chi connectivity index (χ3n) is 3.51. The van der Waals surface area contributed by atoms with E-state index in [2.05, 4.69) is 30.8 Å². The molecule has 21 heavy (non-hydrogen) atoms. The highest BCUT2D eigenvalue weighted by Gasteiger charge is 2.13. The number of rotatable bonds is 8. The van der Waals surface area contributed by atoms with Gasteiger partial charge in [0.05, 0.1) is 22.7 Å². The van der Waals surface area contributed by atoms with Crippen molar-refractivity contribution >= 4 is 33.0 Å². The molecule has 0 heterocycles. The SMILES string of the molecule is CCC(C)CC(CC)Nc1cc(NS(C)(=O)=O)ccc1Cl. The fourth-order valence-corrected chi connectivity index (χ4v) is 2.84. The Balaban J connectivity index is 2.88. The van der Waals surface area contributed by atoms with Gasteiger partial charge in [0.15, 0.2) is 0 Å². The van der Waals surface area contributed by atoms with Gasteiger partial charge in [-0.3, -0.25) is 4.72 Å². The molecule has 0 radical (unpaired) electrons. The molecule has 0 fully saturated rings. The largest absolute Gasteiger partial charge is 0.381 e. The van der Waals surface area contributed by atoms with Crippen molar-refractivity contribution in [3.05, 3.63) is 23.2 Å². The van der Waals surface area contributed by atoms with Crippen LogP contribution in [0.3, 0.4) is 0 Å². The molecular formula is C15H25ClN2O2S. The summed E-state index contributed by atoms with van der Waals surface area (Å²) in [5, 5.41) is 4.02.